The lowest BCUT2D eigenvalue weighted by Gasteiger charge is -2.25. The Hall–Kier alpha value is -3.27. The first-order valence-corrected chi connectivity index (χ1v) is 8.88. The Morgan fingerprint density at radius 1 is 1.00 bits per heavy atom. The number of carbonyl (C=O) groups is 1. The van der Waals surface area contributed by atoms with Crippen LogP contribution in [0.15, 0.2) is 60.7 Å². The number of aromatic hydroxyl groups is 1. The van der Waals surface area contributed by atoms with Gasteiger partial charge < -0.3 is 14.6 Å². The zero-order valence-electron chi connectivity index (χ0n) is 15.2. The summed E-state index contributed by atoms with van der Waals surface area (Å²) in [4.78, 5) is 12.0. The molecule has 3 aromatic carbocycles. The molecule has 0 bridgehead atoms. The molecule has 0 saturated carbocycles. The van der Waals surface area contributed by atoms with Crippen molar-refractivity contribution < 1.29 is 19.4 Å². The molecule has 1 aliphatic heterocycles. The number of phenolic OH excluding ortho intramolecular Hbond substituents is 1. The van der Waals surface area contributed by atoms with E-state index in [0.29, 0.717) is 5.75 Å². The summed E-state index contributed by atoms with van der Waals surface area (Å²) in [6.07, 6.45) is 0.273. The van der Waals surface area contributed by atoms with Crippen molar-refractivity contribution in [3.05, 3.63) is 82.9 Å². The van der Waals surface area contributed by atoms with Gasteiger partial charge in [-0.3, -0.25) is 4.79 Å². The van der Waals surface area contributed by atoms with Crippen LogP contribution in [0, 0.1) is 13.8 Å². The molecule has 0 amide bonds. The summed E-state index contributed by atoms with van der Waals surface area (Å²) in [5.74, 6) is 1.69. The molecule has 0 spiro atoms. The predicted molar refractivity (Wildman–Crippen MR) is 103 cm³/mol. The number of carbonyl (C=O) groups excluding carboxylic acids is 1. The van der Waals surface area contributed by atoms with Crippen molar-refractivity contribution in [3.63, 3.8) is 0 Å². The minimum absolute atomic E-state index is 0.0828. The second-order valence-corrected chi connectivity index (χ2v) is 6.89. The fraction of sp³-hybridized carbons (Fsp3) is 0.174. The lowest BCUT2D eigenvalue weighted by atomic mass is 9.86. The average Bonchev–Trinajstić information content (AvgIpc) is 2.64. The van der Waals surface area contributed by atoms with Gasteiger partial charge in [-0.15, -0.1) is 0 Å². The maximum Gasteiger partial charge on any atom is 0.312 e. The van der Waals surface area contributed by atoms with Gasteiger partial charge in [0, 0.05) is 17.5 Å². The first-order valence-electron chi connectivity index (χ1n) is 8.88. The second-order valence-electron chi connectivity index (χ2n) is 6.89. The zero-order chi connectivity index (χ0) is 19.0. The molecule has 1 N–H and O–H groups in total. The average molecular weight is 360 g/mol. The van der Waals surface area contributed by atoms with E-state index < -0.39 is 0 Å². The summed E-state index contributed by atoms with van der Waals surface area (Å²) in [6.45, 7) is 4.05. The van der Waals surface area contributed by atoms with Crippen LogP contribution < -0.4 is 9.47 Å². The molecular formula is C23H20O4. The SMILES string of the molecule is Cc1ccc(C)c(Oc2ccc(C3CC(=O)Oc4cc(O)ccc43)cc2)c1. The number of hydrogen-bond donors (Lipinski definition) is 1. The number of esters is 1. The highest BCUT2D eigenvalue weighted by atomic mass is 16.5. The number of benzene rings is 3. The smallest absolute Gasteiger partial charge is 0.312 e. The first-order chi connectivity index (χ1) is 13.0. The van der Waals surface area contributed by atoms with Gasteiger partial charge >= 0.3 is 5.97 Å². The van der Waals surface area contributed by atoms with Gasteiger partial charge in [-0.1, -0.05) is 30.3 Å². The molecule has 0 fully saturated rings. The Labute approximate surface area is 158 Å². The standard InChI is InChI=1S/C23H20O4/c1-14-3-4-15(2)21(11-14)26-18-8-5-16(6-9-18)20-13-23(25)27-22-12-17(24)7-10-19(20)22/h3-12,20,24H,13H2,1-2H3. The molecular weight excluding hydrogens is 340 g/mol. The van der Waals surface area contributed by atoms with Crippen molar-refractivity contribution in [2.75, 3.05) is 0 Å². The van der Waals surface area contributed by atoms with Crippen LogP contribution in [0.2, 0.25) is 0 Å². The Kier molecular flexibility index (Phi) is 4.32. The summed E-state index contributed by atoms with van der Waals surface area (Å²) in [5, 5.41) is 9.64. The molecule has 0 aromatic heterocycles. The van der Waals surface area contributed by atoms with Gasteiger partial charge in [0.15, 0.2) is 0 Å². The molecule has 0 saturated heterocycles. The summed E-state index contributed by atoms with van der Waals surface area (Å²) < 4.78 is 11.3. The van der Waals surface area contributed by atoms with Gasteiger partial charge in [0.1, 0.15) is 23.0 Å². The molecule has 0 aliphatic carbocycles. The van der Waals surface area contributed by atoms with Crippen LogP contribution in [-0.4, -0.2) is 11.1 Å². The monoisotopic (exact) mass is 360 g/mol. The normalized spacial score (nSPS) is 15.8. The van der Waals surface area contributed by atoms with E-state index in [4.69, 9.17) is 9.47 Å². The molecule has 136 valence electrons. The van der Waals surface area contributed by atoms with Crippen LogP contribution >= 0.6 is 0 Å². The number of hydrogen-bond acceptors (Lipinski definition) is 4. The Bertz CT molecular complexity index is 1010. The summed E-state index contributed by atoms with van der Waals surface area (Å²) in [6, 6.07) is 18.8. The molecule has 3 aromatic rings. The van der Waals surface area contributed by atoms with E-state index >= 15 is 0 Å². The van der Waals surface area contributed by atoms with E-state index in [1.54, 1.807) is 6.07 Å². The summed E-state index contributed by atoms with van der Waals surface area (Å²) in [5.41, 5.74) is 4.13. The van der Waals surface area contributed by atoms with E-state index in [0.717, 1.165) is 33.8 Å². The number of fused-ring (bicyclic) bond motifs is 1. The third-order valence-electron chi connectivity index (χ3n) is 4.82. The minimum atomic E-state index is -0.297. The van der Waals surface area contributed by atoms with Crippen LogP contribution in [0.1, 0.15) is 34.6 Å². The van der Waals surface area contributed by atoms with Gasteiger partial charge in [0.2, 0.25) is 0 Å². The topological polar surface area (TPSA) is 55.8 Å². The van der Waals surface area contributed by atoms with Crippen LogP contribution in [0.3, 0.4) is 0 Å². The number of phenols is 1. The molecule has 1 aliphatic rings. The van der Waals surface area contributed by atoms with Crippen molar-refractivity contribution in [2.45, 2.75) is 26.2 Å². The predicted octanol–water partition coefficient (Wildman–Crippen LogP) is 5.24. The van der Waals surface area contributed by atoms with Crippen molar-refractivity contribution in [2.24, 2.45) is 0 Å². The summed E-state index contributed by atoms with van der Waals surface area (Å²) >= 11 is 0. The largest absolute Gasteiger partial charge is 0.508 e. The molecule has 1 unspecified atom stereocenters. The van der Waals surface area contributed by atoms with E-state index in [2.05, 4.69) is 6.07 Å². The molecule has 1 heterocycles. The third kappa shape index (κ3) is 3.51. The molecule has 0 radical (unpaired) electrons. The molecule has 1 atom stereocenters. The maximum absolute atomic E-state index is 12.0. The van der Waals surface area contributed by atoms with Gasteiger partial charge in [0.25, 0.3) is 0 Å². The van der Waals surface area contributed by atoms with Crippen LogP contribution in [0.5, 0.6) is 23.0 Å². The highest BCUT2D eigenvalue weighted by Gasteiger charge is 2.28. The summed E-state index contributed by atoms with van der Waals surface area (Å²) in [7, 11) is 0. The number of ether oxygens (including phenoxy) is 2. The quantitative estimate of drug-likeness (QED) is 0.512. The second kappa shape index (κ2) is 6.80. The van der Waals surface area contributed by atoms with Gasteiger partial charge in [-0.05, 0) is 54.8 Å². The minimum Gasteiger partial charge on any atom is -0.508 e. The van der Waals surface area contributed by atoms with Crippen LogP contribution in [-0.2, 0) is 4.79 Å². The van der Waals surface area contributed by atoms with Crippen molar-refractivity contribution in [1.82, 2.24) is 0 Å². The zero-order valence-corrected chi connectivity index (χ0v) is 15.2. The Morgan fingerprint density at radius 3 is 2.56 bits per heavy atom. The highest BCUT2D eigenvalue weighted by molar-refractivity contribution is 5.78. The first kappa shape index (κ1) is 17.2. The Balaban J connectivity index is 1.61. The lowest BCUT2D eigenvalue weighted by Crippen LogP contribution is -2.20. The fourth-order valence-corrected chi connectivity index (χ4v) is 3.35. The fourth-order valence-electron chi connectivity index (χ4n) is 3.35. The molecule has 27 heavy (non-hydrogen) atoms. The Morgan fingerprint density at radius 2 is 1.78 bits per heavy atom. The van der Waals surface area contributed by atoms with Crippen LogP contribution in [0.25, 0.3) is 0 Å². The van der Waals surface area contributed by atoms with Crippen molar-refractivity contribution in [3.8, 4) is 23.0 Å². The van der Waals surface area contributed by atoms with Crippen molar-refractivity contribution >= 4 is 5.97 Å². The number of aryl methyl sites for hydroxylation is 2. The third-order valence-corrected chi connectivity index (χ3v) is 4.82. The lowest BCUT2D eigenvalue weighted by molar-refractivity contribution is -0.135. The molecule has 4 nitrogen and oxygen atoms in total. The van der Waals surface area contributed by atoms with E-state index in [9.17, 15) is 9.90 Å². The van der Waals surface area contributed by atoms with E-state index in [1.165, 1.54) is 6.07 Å². The number of rotatable bonds is 3. The van der Waals surface area contributed by atoms with E-state index in [1.807, 2.05) is 56.3 Å². The van der Waals surface area contributed by atoms with Gasteiger partial charge in [-0.25, -0.2) is 0 Å². The van der Waals surface area contributed by atoms with Gasteiger partial charge in [-0.2, -0.15) is 0 Å². The molecule has 4 rings (SSSR count). The van der Waals surface area contributed by atoms with Crippen LogP contribution in [0.4, 0.5) is 0 Å². The van der Waals surface area contributed by atoms with E-state index in [-0.39, 0.29) is 24.1 Å². The van der Waals surface area contributed by atoms with Gasteiger partial charge in [0.05, 0.1) is 6.42 Å². The maximum atomic E-state index is 12.0. The highest BCUT2D eigenvalue weighted by Crippen LogP contribution is 2.40. The van der Waals surface area contributed by atoms with Crippen molar-refractivity contribution in [1.29, 1.82) is 0 Å². The molecule has 4 heteroatoms.